The van der Waals surface area contributed by atoms with Crippen LogP contribution in [0.25, 0.3) is 4.85 Å². The number of anilines is 1. The minimum Gasteiger partial charge on any atom is -0.487 e. The van der Waals surface area contributed by atoms with Crippen molar-refractivity contribution in [3.63, 3.8) is 0 Å². The first-order valence-corrected chi connectivity index (χ1v) is 15.2. The fraction of sp³-hybridized carbons (Fsp3) is 0.455. The predicted molar refractivity (Wildman–Crippen MR) is 168 cm³/mol. The molecular weight excluding hydrogens is 564 g/mol. The Morgan fingerprint density at radius 3 is 2.42 bits per heavy atom. The van der Waals surface area contributed by atoms with E-state index in [1.165, 1.54) is 0 Å². The van der Waals surface area contributed by atoms with Gasteiger partial charge >= 0.3 is 5.97 Å². The van der Waals surface area contributed by atoms with Crippen LogP contribution in [0.4, 0.5) is 11.6 Å². The van der Waals surface area contributed by atoms with E-state index in [0.29, 0.717) is 23.2 Å². The zero-order chi connectivity index (χ0) is 30.4. The highest BCUT2D eigenvalue weighted by Crippen LogP contribution is 2.36. The molecule has 0 bridgehead atoms. The first kappa shape index (κ1) is 30.7. The summed E-state index contributed by atoms with van der Waals surface area (Å²) in [5.74, 6) is 1.38. The van der Waals surface area contributed by atoms with Gasteiger partial charge in [-0.05, 0) is 73.3 Å². The Kier molecular flexibility index (Phi) is 9.81. The number of carboxylic acid groups (broad SMARTS) is 1. The fourth-order valence-electron chi connectivity index (χ4n) is 5.92. The van der Waals surface area contributed by atoms with Crippen molar-refractivity contribution in [2.75, 3.05) is 57.3 Å². The molecule has 5 rings (SSSR count). The summed E-state index contributed by atoms with van der Waals surface area (Å²) in [6, 6.07) is 15.4. The van der Waals surface area contributed by atoms with Crippen LogP contribution in [0, 0.1) is 12.5 Å². The van der Waals surface area contributed by atoms with Gasteiger partial charge in [0.05, 0.1) is 18.8 Å². The van der Waals surface area contributed by atoms with Gasteiger partial charge in [0.15, 0.2) is 5.69 Å². The number of benzene rings is 2. The van der Waals surface area contributed by atoms with Gasteiger partial charge in [-0.2, -0.15) is 0 Å². The summed E-state index contributed by atoms with van der Waals surface area (Å²) in [6.07, 6.45) is 3.92. The van der Waals surface area contributed by atoms with E-state index in [0.717, 1.165) is 87.2 Å². The Bertz CT molecular complexity index is 1440. The number of aromatic nitrogens is 2. The lowest BCUT2D eigenvalue weighted by atomic mass is 9.78. The Hall–Kier alpha value is -3.71. The Morgan fingerprint density at radius 2 is 1.74 bits per heavy atom. The van der Waals surface area contributed by atoms with Gasteiger partial charge in [0.1, 0.15) is 12.4 Å². The topological polar surface area (TPSA) is 86.4 Å². The molecule has 0 unspecified atom stereocenters. The maximum absolute atomic E-state index is 11.0. The van der Waals surface area contributed by atoms with E-state index < -0.39 is 5.97 Å². The summed E-state index contributed by atoms with van der Waals surface area (Å²) >= 11 is 6.27. The lowest BCUT2D eigenvalue weighted by Gasteiger charge is -2.38. The summed E-state index contributed by atoms with van der Waals surface area (Å²) in [5, 5.41) is 9.58. The van der Waals surface area contributed by atoms with Gasteiger partial charge < -0.3 is 14.7 Å². The van der Waals surface area contributed by atoms with E-state index >= 15 is 0 Å². The molecule has 226 valence electrons. The molecule has 43 heavy (non-hydrogen) atoms. The third-order valence-corrected chi connectivity index (χ3v) is 8.85. The van der Waals surface area contributed by atoms with Crippen molar-refractivity contribution in [2.24, 2.45) is 5.92 Å². The van der Waals surface area contributed by atoms with Crippen molar-refractivity contribution in [2.45, 2.75) is 38.7 Å². The minimum absolute atomic E-state index is 0.150. The smallest absolute Gasteiger partial charge is 0.317 e. The molecule has 1 N–H and O–H groups in total. The number of hydrogen-bond acceptors (Lipinski definition) is 7. The molecule has 3 aromatic rings. The van der Waals surface area contributed by atoms with Gasteiger partial charge in [-0.25, -0.2) is 14.8 Å². The van der Waals surface area contributed by atoms with Crippen LogP contribution in [0.3, 0.4) is 0 Å². The van der Waals surface area contributed by atoms with Crippen LogP contribution in [0.1, 0.15) is 43.5 Å². The van der Waals surface area contributed by atoms with E-state index in [2.05, 4.69) is 45.6 Å². The number of aliphatic carboxylic acids is 1. The number of piperazine rings is 1. The second kappa shape index (κ2) is 13.7. The quantitative estimate of drug-likeness (QED) is 0.304. The van der Waals surface area contributed by atoms with Crippen molar-refractivity contribution in [1.29, 1.82) is 0 Å². The second-order valence-electron chi connectivity index (χ2n) is 12.0. The third kappa shape index (κ3) is 8.02. The Balaban J connectivity index is 1.11. The molecule has 10 heteroatoms. The lowest BCUT2D eigenvalue weighted by molar-refractivity contribution is -0.138. The van der Waals surface area contributed by atoms with Crippen LogP contribution in [0.15, 0.2) is 54.7 Å². The van der Waals surface area contributed by atoms with Gasteiger partial charge in [0.2, 0.25) is 5.95 Å². The highest BCUT2D eigenvalue weighted by molar-refractivity contribution is 6.31. The monoisotopic (exact) mass is 602 g/mol. The van der Waals surface area contributed by atoms with Crippen LogP contribution in [-0.4, -0.2) is 83.2 Å². The van der Waals surface area contributed by atoms with Crippen molar-refractivity contribution in [3.05, 3.63) is 88.0 Å². The number of hydrogen-bond donors (Lipinski definition) is 1. The van der Waals surface area contributed by atoms with Crippen molar-refractivity contribution in [1.82, 2.24) is 19.8 Å². The predicted octanol–water partition coefficient (Wildman–Crippen LogP) is 5.50. The van der Waals surface area contributed by atoms with E-state index in [4.69, 9.17) is 33.0 Å². The number of halogens is 1. The molecule has 0 aliphatic carbocycles. The summed E-state index contributed by atoms with van der Waals surface area (Å²) in [5.41, 5.74) is 3.13. The molecule has 0 atom stereocenters. The number of carboxylic acids is 1. The average molecular weight is 603 g/mol. The molecule has 1 aromatic heterocycles. The van der Waals surface area contributed by atoms with E-state index in [1.807, 2.05) is 35.2 Å². The van der Waals surface area contributed by atoms with Crippen LogP contribution in [-0.2, 0) is 16.8 Å². The van der Waals surface area contributed by atoms with Crippen molar-refractivity contribution in [3.8, 4) is 5.75 Å². The number of piperidine rings is 1. The molecule has 9 nitrogen and oxygen atoms in total. The first-order valence-electron chi connectivity index (χ1n) is 14.8. The van der Waals surface area contributed by atoms with E-state index in [1.54, 1.807) is 12.3 Å². The third-order valence-electron chi connectivity index (χ3n) is 8.63. The largest absolute Gasteiger partial charge is 0.487 e. The molecule has 2 fully saturated rings. The highest BCUT2D eigenvalue weighted by atomic mass is 35.5. The molecule has 2 aliphatic rings. The highest BCUT2D eigenvalue weighted by Gasteiger charge is 2.26. The van der Waals surface area contributed by atoms with Crippen LogP contribution in [0.5, 0.6) is 5.75 Å². The minimum atomic E-state index is -0.742. The first-order chi connectivity index (χ1) is 20.7. The number of rotatable bonds is 10. The molecule has 0 saturated carbocycles. The molecule has 3 heterocycles. The Morgan fingerprint density at radius 1 is 1.02 bits per heavy atom. The fourth-order valence-corrected chi connectivity index (χ4v) is 6.15. The van der Waals surface area contributed by atoms with E-state index in [9.17, 15) is 4.79 Å². The van der Waals surface area contributed by atoms with Crippen LogP contribution >= 0.6 is 11.6 Å². The molecule has 0 radical (unpaired) electrons. The van der Waals surface area contributed by atoms with Gasteiger partial charge in [-0.15, -0.1) is 0 Å². The average Bonchev–Trinajstić information content (AvgIpc) is 3.01. The zero-order valence-corrected chi connectivity index (χ0v) is 25.6. The maximum Gasteiger partial charge on any atom is 0.317 e. The number of likely N-dealkylation sites (tertiary alicyclic amines) is 1. The molecule has 2 aliphatic heterocycles. The van der Waals surface area contributed by atoms with Crippen molar-refractivity contribution >= 4 is 29.2 Å². The van der Waals surface area contributed by atoms with Gasteiger partial charge in [0, 0.05) is 49.4 Å². The van der Waals surface area contributed by atoms with E-state index in [-0.39, 0.29) is 12.0 Å². The normalized spacial score (nSPS) is 17.0. The van der Waals surface area contributed by atoms with Gasteiger partial charge in [0.25, 0.3) is 0 Å². The molecule has 0 amide bonds. The Labute approximate surface area is 258 Å². The molecule has 2 aromatic carbocycles. The molecule has 0 spiro atoms. The van der Waals surface area contributed by atoms with Gasteiger partial charge in [-0.3, -0.25) is 14.6 Å². The summed E-state index contributed by atoms with van der Waals surface area (Å²) in [7, 11) is 0. The number of ether oxygens (including phenoxy) is 1. The summed E-state index contributed by atoms with van der Waals surface area (Å²) in [6.45, 7) is 18.6. The number of nitrogens with zero attached hydrogens (tertiary/aromatic N) is 6. The van der Waals surface area contributed by atoms with Crippen LogP contribution < -0.4 is 9.64 Å². The second-order valence-corrected chi connectivity index (χ2v) is 12.4. The molecular formula is C33H39ClN6O3. The van der Waals surface area contributed by atoms with Crippen LogP contribution in [0.2, 0.25) is 5.02 Å². The molecule has 2 saturated heterocycles. The van der Waals surface area contributed by atoms with Gasteiger partial charge in [-0.1, -0.05) is 43.6 Å². The SMILES string of the molecule is [C-]#[N+]c1cc(Cl)cc(C(C)(C)c2ccc(OCc3ccnc(N4CCN(CC5CCN(CC(=O)O)CC5)CC4)n3)cc2)c1. The standard InChI is InChI=1S/C33H39ClN6O3/c1-33(2,26-18-27(34)20-29(19-26)35-3)25-4-6-30(7-5-25)43-23-28-8-11-36-32(37-28)40-16-14-39(15-17-40)21-24-9-12-38(13-10-24)22-31(41)42/h4-8,11,18-20,24H,9-10,12-17,21-23H2,1-2H3,(H,41,42). The zero-order valence-electron chi connectivity index (χ0n) is 24.9. The summed E-state index contributed by atoms with van der Waals surface area (Å²) in [4.78, 5) is 30.6. The van der Waals surface area contributed by atoms with Crippen molar-refractivity contribution < 1.29 is 14.6 Å². The number of carbonyl (C=O) groups is 1. The maximum atomic E-state index is 11.0. The lowest BCUT2D eigenvalue weighted by Crippen LogP contribution is -2.49. The summed E-state index contributed by atoms with van der Waals surface area (Å²) < 4.78 is 6.08.